The first kappa shape index (κ1) is 10.7. The van der Waals surface area contributed by atoms with Gasteiger partial charge in [-0.1, -0.05) is 0 Å². The molecule has 4 nitrogen and oxygen atoms in total. The molecule has 0 aliphatic carbocycles. The summed E-state index contributed by atoms with van der Waals surface area (Å²) in [4.78, 5) is 10.5. The highest BCUT2D eigenvalue weighted by atomic mass is 35.5. The largest absolute Gasteiger partial charge is 0.314 e. The fourth-order valence-electron chi connectivity index (χ4n) is 0.999. The monoisotopic (exact) mass is 179 g/mol. The van der Waals surface area contributed by atoms with Crippen molar-refractivity contribution in [1.29, 1.82) is 0 Å². The number of hydrazine groups is 1. The van der Waals surface area contributed by atoms with Gasteiger partial charge in [0.1, 0.15) is 0 Å². The first-order valence-corrected chi connectivity index (χ1v) is 3.52. The molecule has 1 aliphatic rings. The van der Waals surface area contributed by atoms with E-state index in [9.17, 15) is 4.79 Å². The summed E-state index contributed by atoms with van der Waals surface area (Å²) in [5.74, 6) is 0.0156. The molecule has 0 saturated carbocycles. The molecule has 0 unspecified atom stereocenters. The number of hydrogen-bond donors (Lipinski definition) is 2. The van der Waals surface area contributed by atoms with E-state index in [4.69, 9.17) is 0 Å². The van der Waals surface area contributed by atoms with Gasteiger partial charge in [-0.2, -0.15) is 0 Å². The minimum absolute atomic E-state index is 0. The Morgan fingerprint density at radius 2 is 2.00 bits per heavy atom. The second-order valence-corrected chi connectivity index (χ2v) is 2.41. The fourth-order valence-corrected chi connectivity index (χ4v) is 0.999. The van der Waals surface area contributed by atoms with Crippen LogP contribution in [-0.4, -0.2) is 37.1 Å². The van der Waals surface area contributed by atoms with E-state index in [-0.39, 0.29) is 18.3 Å². The van der Waals surface area contributed by atoms with Crippen molar-refractivity contribution < 1.29 is 4.79 Å². The van der Waals surface area contributed by atoms with Crippen molar-refractivity contribution in [1.82, 2.24) is 15.8 Å². The van der Waals surface area contributed by atoms with Crippen LogP contribution in [0, 0.1) is 0 Å². The predicted octanol–water partition coefficient (Wildman–Crippen LogP) is -0.636. The fraction of sp³-hybridized carbons (Fsp3) is 0.833. The first-order chi connectivity index (χ1) is 4.79. The quantitative estimate of drug-likeness (QED) is 0.563. The van der Waals surface area contributed by atoms with Gasteiger partial charge in [-0.15, -0.1) is 12.4 Å². The van der Waals surface area contributed by atoms with Gasteiger partial charge in [-0.25, -0.2) is 5.01 Å². The molecule has 1 heterocycles. The number of nitrogens with one attached hydrogen (secondary N) is 2. The van der Waals surface area contributed by atoms with Gasteiger partial charge in [0.25, 0.3) is 0 Å². The molecule has 0 aromatic rings. The van der Waals surface area contributed by atoms with Gasteiger partial charge in [0, 0.05) is 33.1 Å². The second kappa shape index (κ2) is 5.35. The molecule has 1 saturated heterocycles. The molecule has 0 bridgehead atoms. The number of hydrogen-bond acceptors (Lipinski definition) is 3. The molecule has 1 fully saturated rings. The normalized spacial score (nSPS) is 18.6. The second-order valence-electron chi connectivity index (χ2n) is 2.41. The van der Waals surface area contributed by atoms with E-state index < -0.39 is 0 Å². The standard InChI is InChI=1S/C6H13N3O.ClH/c1-6(10)8-9-4-2-7-3-5-9;/h7H,2-5H2,1H3,(H,8,10);1H. The molecule has 0 aromatic carbocycles. The molecule has 0 spiro atoms. The van der Waals surface area contributed by atoms with Crippen molar-refractivity contribution in [2.75, 3.05) is 26.2 Å². The Hall–Kier alpha value is -0.320. The third-order valence-electron chi connectivity index (χ3n) is 1.43. The Morgan fingerprint density at radius 3 is 2.45 bits per heavy atom. The van der Waals surface area contributed by atoms with Crippen molar-refractivity contribution in [3.05, 3.63) is 0 Å². The maximum Gasteiger partial charge on any atom is 0.231 e. The van der Waals surface area contributed by atoms with E-state index >= 15 is 0 Å². The minimum atomic E-state index is 0. The van der Waals surface area contributed by atoms with Gasteiger partial charge in [-0.05, 0) is 0 Å². The predicted molar refractivity (Wildman–Crippen MR) is 45.5 cm³/mol. The molecule has 11 heavy (non-hydrogen) atoms. The number of rotatable bonds is 1. The molecule has 66 valence electrons. The number of halogens is 1. The Bertz CT molecular complexity index is 125. The van der Waals surface area contributed by atoms with Crippen LogP contribution in [0.5, 0.6) is 0 Å². The highest BCUT2D eigenvalue weighted by molar-refractivity contribution is 5.85. The van der Waals surface area contributed by atoms with Crippen molar-refractivity contribution in [3.8, 4) is 0 Å². The van der Waals surface area contributed by atoms with Crippen molar-refractivity contribution in [2.45, 2.75) is 6.92 Å². The van der Waals surface area contributed by atoms with Crippen LogP contribution < -0.4 is 10.7 Å². The zero-order valence-electron chi connectivity index (χ0n) is 6.59. The molecule has 5 heteroatoms. The molecule has 2 N–H and O–H groups in total. The van der Waals surface area contributed by atoms with Crippen LogP contribution in [0.25, 0.3) is 0 Å². The van der Waals surface area contributed by atoms with Crippen molar-refractivity contribution in [3.63, 3.8) is 0 Å². The summed E-state index contributed by atoms with van der Waals surface area (Å²) in [6, 6.07) is 0. The summed E-state index contributed by atoms with van der Waals surface area (Å²) >= 11 is 0. The summed E-state index contributed by atoms with van der Waals surface area (Å²) < 4.78 is 0. The van der Waals surface area contributed by atoms with E-state index in [1.54, 1.807) is 0 Å². The number of carbonyl (C=O) groups excluding carboxylic acids is 1. The lowest BCUT2D eigenvalue weighted by atomic mass is 10.4. The molecule has 0 aromatic heterocycles. The Kier molecular flexibility index (Phi) is 5.19. The van der Waals surface area contributed by atoms with E-state index in [0.29, 0.717) is 0 Å². The molecule has 0 radical (unpaired) electrons. The minimum Gasteiger partial charge on any atom is -0.314 e. The van der Waals surface area contributed by atoms with Crippen LogP contribution >= 0.6 is 12.4 Å². The lowest BCUT2D eigenvalue weighted by molar-refractivity contribution is -0.123. The molecule has 1 rings (SSSR count). The lowest BCUT2D eigenvalue weighted by Gasteiger charge is -2.26. The van der Waals surface area contributed by atoms with Crippen LogP contribution in [0.4, 0.5) is 0 Å². The highest BCUT2D eigenvalue weighted by Crippen LogP contribution is 1.85. The Balaban J connectivity index is 0.000001000. The third-order valence-corrected chi connectivity index (χ3v) is 1.43. The van der Waals surface area contributed by atoms with E-state index in [2.05, 4.69) is 10.7 Å². The number of amides is 1. The van der Waals surface area contributed by atoms with Gasteiger partial charge >= 0.3 is 0 Å². The summed E-state index contributed by atoms with van der Waals surface area (Å²) in [6.45, 7) is 5.25. The van der Waals surface area contributed by atoms with Crippen molar-refractivity contribution in [2.24, 2.45) is 0 Å². The molecule has 0 atom stereocenters. The number of carbonyl (C=O) groups is 1. The van der Waals surface area contributed by atoms with Crippen LogP contribution in [0.1, 0.15) is 6.92 Å². The molecule has 1 amide bonds. The summed E-state index contributed by atoms with van der Waals surface area (Å²) in [5.41, 5.74) is 2.74. The summed E-state index contributed by atoms with van der Waals surface area (Å²) in [7, 11) is 0. The first-order valence-electron chi connectivity index (χ1n) is 3.52. The zero-order valence-corrected chi connectivity index (χ0v) is 7.41. The maximum atomic E-state index is 10.5. The highest BCUT2D eigenvalue weighted by Gasteiger charge is 2.08. The van der Waals surface area contributed by atoms with Gasteiger partial charge < -0.3 is 5.32 Å². The van der Waals surface area contributed by atoms with Crippen LogP contribution in [0.15, 0.2) is 0 Å². The maximum absolute atomic E-state index is 10.5. The Morgan fingerprint density at radius 1 is 1.45 bits per heavy atom. The van der Waals surface area contributed by atoms with E-state index in [1.165, 1.54) is 6.92 Å². The number of nitrogens with zero attached hydrogens (tertiary/aromatic N) is 1. The van der Waals surface area contributed by atoms with Gasteiger partial charge in [-0.3, -0.25) is 10.2 Å². The smallest absolute Gasteiger partial charge is 0.231 e. The van der Waals surface area contributed by atoms with Crippen molar-refractivity contribution >= 4 is 18.3 Å². The van der Waals surface area contributed by atoms with Crippen LogP contribution in [-0.2, 0) is 4.79 Å². The molecule has 1 aliphatic heterocycles. The van der Waals surface area contributed by atoms with E-state index in [0.717, 1.165) is 26.2 Å². The Labute approximate surface area is 72.7 Å². The van der Waals surface area contributed by atoms with E-state index in [1.807, 2.05) is 5.01 Å². The van der Waals surface area contributed by atoms with Crippen LogP contribution in [0.2, 0.25) is 0 Å². The average molecular weight is 180 g/mol. The zero-order chi connectivity index (χ0) is 7.40. The summed E-state index contributed by atoms with van der Waals surface area (Å²) in [5, 5.41) is 5.12. The SMILES string of the molecule is CC(=O)NN1CCNCC1.Cl. The van der Waals surface area contributed by atoms with Gasteiger partial charge in [0.15, 0.2) is 0 Å². The van der Waals surface area contributed by atoms with Gasteiger partial charge in [0.05, 0.1) is 0 Å². The van der Waals surface area contributed by atoms with Gasteiger partial charge in [0.2, 0.25) is 5.91 Å². The summed E-state index contributed by atoms with van der Waals surface area (Å²) in [6.07, 6.45) is 0. The molecular formula is C6H14ClN3O. The van der Waals surface area contributed by atoms with Crippen LogP contribution in [0.3, 0.4) is 0 Å². The average Bonchev–Trinajstić information content (AvgIpc) is 1.88. The number of piperazine rings is 1. The topological polar surface area (TPSA) is 44.4 Å². The molecular weight excluding hydrogens is 166 g/mol. The third kappa shape index (κ3) is 4.19. The lowest BCUT2D eigenvalue weighted by Crippen LogP contribution is -2.51.